The molecule has 0 aliphatic rings. The van der Waals surface area contributed by atoms with Gasteiger partial charge in [-0.3, -0.25) is 0 Å². The van der Waals surface area contributed by atoms with Crippen LogP contribution in [0.1, 0.15) is 18.9 Å². The molecule has 1 atom stereocenters. The number of aromatic nitrogens is 1. The smallest absolute Gasteiger partial charge is 0.219 e. The van der Waals surface area contributed by atoms with Crippen molar-refractivity contribution in [2.75, 3.05) is 0 Å². The number of rotatable bonds is 5. The summed E-state index contributed by atoms with van der Waals surface area (Å²) < 4.78 is 6.81. The van der Waals surface area contributed by atoms with Crippen LogP contribution in [-0.2, 0) is 6.42 Å². The Kier molecular flexibility index (Phi) is 5.15. The van der Waals surface area contributed by atoms with Gasteiger partial charge in [0.1, 0.15) is 5.75 Å². The zero-order valence-corrected chi connectivity index (χ0v) is 13.0. The van der Waals surface area contributed by atoms with Crippen molar-refractivity contribution in [2.45, 2.75) is 25.8 Å². The van der Waals surface area contributed by atoms with E-state index in [0.717, 1.165) is 27.7 Å². The minimum Gasteiger partial charge on any atom is -0.438 e. The van der Waals surface area contributed by atoms with Crippen LogP contribution in [0.3, 0.4) is 0 Å². The van der Waals surface area contributed by atoms with E-state index in [9.17, 15) is 0 Å². The lowest BCUT2D eigenvalue weighted by Crippen LogP contribution is -2.21. The van der Waals surface area contributed by atoms with Crippen molar-refractivity contribution < 1.29 is 4.74 Å². The third kappa shape index (κ3) is 4.18. The standard InChI is InChI=1S/C15H17IN2O/c1-2-12(17)9-11-7-8-15(18-10-11)19-14-6-4-3-5-13(14)16/h3-8,10,12H,2,9,17H2,1H3. The van der Waals surface area contributed by atoms with Crippen LogP contribution >= 0.6 is 22.6 Å². The maximum Gasteiger partial charge on any atom is 0.219 e. The largest absolute Gasteiger partial charge is 0.438 e. The van der Waals surface area contributed by atoms with Crippen LogP contribution < -0.4 is 10.5 Å². The maximum atomic E-state index is 5.93. The van der Waals surface area contributed by atoms with E-state index in [4.69, 9.17) is 10.5 Å². The van der Waals surface area contributed by atoms with E-state index in [2.05, 4.69) is 34.5 Å². The Morgan fingerprint density at radius 1 is 1.26 bits per heavy atom. The summed E-state index contributed by atoms with van der Waals surface area (Å²) in [6.45, 7) is 2.09. The van der Waals surface area contributed by atoms with Crippen LogP contribution in [0.4, 0.5) is 0 Å². The number of ether oxygens (including phenoxy) is 1. The molecule has 2 rings (SSSR count). The molecule has 1 heterocycles. The quantitative estimate of drug-likeness (QED) is 0.818. The Morgan fingerprint density at radius 3 is 2.68 bits per heavy atom. The minimum absolute atomic E-state index is 0.198. The summed E-state index contributed by atoms with van der Waals surface area (Å²) in [4.78, 5) is 4.32. The Bertz CT molecular complexity index is 528. The monoisotopic (exact) mass is 368 g/mol. The van der Waals surface area contributed by atoms with Crippen LogP contribution in [0.5, 0.6) is 11.6 Å². The van der Waals surface area contributed by atoms with E-state index in [0.29, 0.717) is 5.88 Å². The van der Waals surface area contributed by atoms with Crippen molar-refractivity contribution in [3.8, 4) is 11.6 Å². The Labute approximate surface area is 127 Å². The molecule has 0 radical (unpaired) electrons. The summed E-state index contributed by atoms with van der Waals surface area (Å²) in [5.41, 5.74) is 7.07. The van der Waals surface area contributed by atoms with Crippen molar-refractivity contribution in [2.24, 2.45) is 5.73 Å². The number of benzene rings is 1. The third-order valence-corrected chi connectivity index (χ3v) is 3.76. The molecule has 2 aromatic rings. The van der Waals surface area contributed by atoms with Gasteiger partial charge in [-0.25, -0.2) is 4.98 Å². The number of para-hydroxylation sites is 1. The highest BCUT2D eigenvalue weighted by Gasteiger charge is 2.05. The van der Waals surface area contributed by atoms with Crippen molar-refractivity contribution >= 4 is 22.6 Å². The molecular weight excluding hydrogens is 351 g/mol. The lowest BCUT2D eigenvalue weighted by atomic mass is 10.1. The first-order chi connectivity index (χ1) is 9.19. The lowest BCUT2D eigenvalue weighted by Gasteiger charge is -2.09. The molecule has 0 bridgehead atoms. The van der Waals surface area contributed by atoms with Crippen LogP contribution in [-0.4, -0.2) is 11.0 Å². The highest BCUT2D eigenvalue weighted by Crippen LogP contribution is 2.25. The fraction of sp³-hybridized carbons (Fsp3) is 0.267. The summed E-state index contributed by atoms with van der Waals surface area (Å²) in [7, 11) is 0. The SMILES string of the molecule is CCC(N)Cc1ccc(Oc2ccccc2I)nc1. The fourth-order valence-corrected chi connectivity index (χ4v) is 2.18. The number of nitrogens with two attached hydrogens (primary N) is 1. The molecule has 4 heteroatoms. The van der Waals surface area contributed by atoms with Crippen LogP contribution in [0.2, 0.25) is 0 Å². The van der Waals surface area contributed by atoms with Crippen LogP contribution in [0.15, 0.2) is 42.6 Å². The zero-order chi connectivity index (χ0) is 13.7. The molecular formula is C15H17IN2O. The average molecular weight is 368 g/mol. The van der Waals surface area contributed by atoms with Crippen molar-refractivity contribution in [1.82, 2.24) is 4.98 Å². The first-order valence-electron chi connectivity index (χ1n) is 6.32. The third-order valence-electron chi connectivity index (χ3n) is 2.87. The van der Waals surface area contributed by atoms with E-state index in [-0.39, 0.29) is 6.04 Å². The van der Waals surface area contributed by atoms with Gasteiger partial charge in [0.05, 0.1) is 3.57 Å². The lowest BCUT2D eigenvalue weighted by molar-refractivity contribution is 0.459. The average Bonchev–Trinajstić information content (AvgIpc) is 2.43. The highest BCUT2D eigenvalue weighted by atomic mass is 127. The molecule has 0 amide bonds. The molecule has 1 aromatic carbocycles. The first-order valence-corrected chi connectivity index (χ1v) is 7.39. The van der Waals surface area contributed by atoms with Gasteiger partial charge in [0, 0.05) is 18.3 Å². The predicted octanol–water partition coefficient (Wildman–Crippen LogP) is 3.76. The van der Waals surface area contributed by atoms with Gasteiger partial charge >= 0.3 is 0 Å². The highest BCUT2D eigenvalue weighted by molar-refractivity contribution is 14.1. The topological polar surface area (TPSA) is 48.1 Å². The second-order valence-corrected chi connectivity index (χ2v) is 5.57. The summed E-state index contributed by atoms with van der Waals surface area (Å²) in [5.74, 6) is 1.44. The predicted molar refractivity (Wildman–Crippen MR) is 85.4 cm³/mol. The van der Waals surface area contributed by atoms with Gasteiger partial charge in [0.2, 0.25) is 5.88 Å². The van der Waals surface area contributed by atoms with E-state index in [1.165, 1.54) is 0 Å². The number of nitrogens with zero attached hydrogens (tertiary/aromatic N) is 1. The van der Waals surface area contributed by atoms with Gasteiger partial charge in [-0.1, -0.05) is 25.1 Å². The Morgan fingerprint density at radius 2 is 2.05 bits per heavy atom. The van der Waals surface area contributed by atoms with Crippen LogP contribution in [0, 0.1) is 3.57 Å². The summed E-state index contributed by atoms with van der Waals surface area (Å²) >= 11 is 2.25. The number of halogens is 1. The Hall–Kier alpha value is -1.14. The van der Waals surface area contributed by atoms with Gasteiger partial charge in [0.25, 0.3) is 0 Å². The minimum atomic E-state index is 0.198. The van der Waals surface area contributed by atoms with Crippen molar-refractivity contribution in [3.05, 3.63) is 51.7 Å². The summed E-state index contributed by atoms with van der Waals surface area (Å²) in [6.07, 6.45) is 3.66. The molecule has 100 valence electrons. The normalized spacial score (nSPS) is 12.2. The molecule has 1 unspecified atom stereocenters. The molecule has 0 saturated carbocycles. The Balaban J connectivity index is 2.05. The fourth-order valence-electron chi connectivity index (χ4n) is 1.68. The number of hydrogen-bond acceptors (Lipinski definition) is 3. The maximum absolute atomic E-state index is 5.93. The van der Waals surface area contributed by atoms with E-state index < -0.39 is 0 Å². The molecule has 0 spiro atoms. The van der Waals surface area contributed by atoms with Crippen molar-refractivity contribution in [1.29, 1.82) is 0 Å². The van der Waals surface area contributed by atoms with Gasteiger partial charge in [-0.15, -0.1) is 0 Å². The summed E-state index contributed by atoms with van der Waals surface area (Å²) in [6, 6.07) is 12.0. The number of pyridine rings is 1. The number of hydrogen-bond donors (Lipinski definition) is 1. The molecule has 3 nitrogen and oxygen atoms in total. The van der Waals surface area contributed by atoms with Gasteiger partial charge in [0.15, 0.2) is 0 Å². The second kappa shape index (κ2) is 6.86. The van der Waals surface area contributed by atoms with Gasteiger partial charge < -0.3 is 10.5 Å². The second-order valence-electron chi connectivity index (χ2n) is 4.41. The van der Waals surface area contributed by atoms with Crippen LogP contribution in [0.25, 0.3) is 0 Å². The molecule has 0 aliphatic carbocycles. The molecule has 1 aromatic heterocycles. The van der Waals surface area contributed by atoms with E-state index in [1.54, 1.807) is 0 Å². The molecule has 2 N–H and O–H groups in total. The van der Waals surface area contributed by atoms with Gasteiger partial charge in [-0.05, 0) is 53.1 Å². The van der Waals surface area contributed by atoms with E-state index >= 15 is 0 Å². The molecule has 0 fully saturated rings. The molecule has 0 saturated heterocycles. The van der Waals surface area contributed by atoms with Gasteiger partial charge in [-0.2, -0.15) is 0 Å². The molecule has 0 aliphatic heterocycles. The zero-order valence-electron chi connectivity index (χ0n) is 10.8. The summed E-state index contributed by atoms with van der Waals surface area (Å²) in [5, 5.41) is 0. The first kappa shape index (κ1) is 14.3. The molecule has 19 heavy (non-hydrogen) atoms. The van der Waals surface area contributed by atoms with Crippen molar-refractivity contribution in [3.63, 3.8) is 0 Å². The van der Waals surface area contributed by atoms with E-state index in [1.807, 2.05) is 42.6 Å².